The van der Waals surface area contributed by atoms with E-state index < -0.39 is 0 Å². The molecule has 242 valence electrons. The Bertz CT molecular complexity index is 2130. The smallest absolute Gasteiger partial charge is 0.331 e. The van der Waals surface area contributed by atoms with E-state index in [9.17, 15) is 14.4 Å². The maximum atomic E-state index is 13.6. The SMILES string of the molecule is CCCn1c(=O)n(CCC)c2cc3c(N4CCC(n5c(=O)c6cc(C)ccc6n(C)c5=O)CC4)nnc(N4CCOCC4)c3cc21. The topological polar surface area (TPSA) is 112 Å². The molecular weight excluding hydrogens is 584 g/mol. The first kappa shape index (κ1) is 30.2. The van der Waals surface area contributed by atoms with E-state index in [0.717, 1.165) is 64.9 Å². The number of aryl methyl sites for hydroxylation is 4. The average molecular weight is 627 g/mol. The predicted octanol–water partition coefficient (Wildman–Crippen LogP) is 3.57. The van der Waals surface area contributed by atoms with E-state index >= 15 is 0 Å². The van der Waals surface area contributed by atoms with Crippen molar-refractivity contribution >= 4 is 44.3 Å². The molecule has 12 heteroatoms. The lowest BCUT2D eigenvalue weighted by atomic mass is 10.0. The fourth-order valence-electron chi connectivity index (χ4n) is 7.31. The summed E-state index contributed by atoms with van der Waals surface area (Å²) in [7, 11) is 1.73. The average Bonchev–Trinajstić information content (AvgIpc) is 3.32. The number of hydrogen-bond acceptors (Lipinski definition) is 8. The third-order valence-corrected chi connectivity index (χ3v) is 9.67. The third kappa shape index (κ3) is 4.90. The van der Waals surface area contributed by atoms with E-state index in [2.05, 4.69) is 35.8 Å². The van der Waals surface area contributed by atoms with Gasteiger partial charge in [-0.2, -0.15) is 0 Å². The van der Waals surface area contributed by atoms with Crippen molar-refractivity contribution in [2.24, 2.45) is 7.05 Å². The lowest BCUT2D eigenvalue weighted by molar-refractivity contribution is 0.122. The van der Waals surface area contributed by atoms with Gasteiger partial charge in [0.15, 0.2) is 11.6 Å². The van der Waals surface area contributed by atoms with Crippen molar-refractivity contribution in [3.8, 4) is 0 Å². The van der Waals surface area contributed by atoms with Gasteiger partial charge in [0.25, 0.3) is 5.56 Å². The van der Waals surface area contributed by atoms with Gasteiger partial charge in [0, 0.05) is 63.1 Å². The second-order valence-corrected chi connectivity index (χ2v) is 12.7. The minimum absolute atomic E-state index is 0.0165. The molecule has 7 rings (SSSR count). The van der Waals surface area contributed by atoms with Crippen molar-refractivity contribution in [2.45, 2.75) is 65.6 Å². The molecule has 0 aliphatic carbocycles. The zero-order valence-electron chi connectivity index (χ0n) is 27.2. The van der Waals surface area contributed by atoms with E-state index in [-0.39, 0.29) is 23.0 Å². The number of aromatic nitrogens is 6. The van der Waals surface area contributed by atoms with Gasteiger partial charge in [-0.25, -0.2) is 9.59 Å². The number of anilines is 2. The second-order valence-electron chi connectivity index (χ2n) is 12.7. The summed E-state index contributed by atoms with van der Waals surface area (Å²) in [5.41, 5.74) is 2.97. The lowest BCUT2D eigenvalue weighted by Crippen LogP contribution is -2.45. The molecule has 0 amide bonds. The van der Waals surface area contributed by atoms with Gasteiger partial charge in [0.2, 0.25) is 0 Å². The molecule has 2 saturated heterocycles. The van der Waals surface area contributed by atoms with Crippen molar-refractivity contribution in [1.29, 1.82) is 0 Å². The molecule has 0 saturated carbocycles. The number of ether oxygens (including phenoxy) is 1. The first-order valence-corrected chi connectivity index (χ1v) is 16.5. The van der Waals surface area contributed by atoms with Crippen molar-refractivity contribution in [2.75, 3.05) is 49.2 Å². The van der Waals surface area contributed by atoms with Crippen LogP contribution < -0.4 is 26.7 Å². The van der Waals surface area contributed by atoms with E-state index in [4.69, 9.17) is 14.9 Å². The fourth-order valence-corrected chi connectivity index (χ4v) is 7.31. The van der Waals surface area contributed by atoms with E-state index in [0.29, 0.717) is 63.1 Å². The highest BCUT2D eigenvalue weighted by molar-refractivity contribution is 6.05. The highest BCUT2D eigenvalue weighted by atomic mass is 16.5. The summed E-state index contributed by atoms with van der Waals surface area (Å²) in [5.74, 6) is 1.57. The second kappa shape index (κ2) is 12.1. The van der Waals surface area contributed by atoms with Gasteiger partial charge in [-0.15, -0.1) is 10.2 Å². The molecule has 0 bridgehead atoms. The minimum atomic E-state index is -0.284. The molecule has 0 unspecified atom stereocenters. The summed E-state index contributed by atoms with van der Waals surface area (Å²) in [6.45, 7) is 11.3. The largest absolute Gasteiger partial charge is 0.378 e. The van der Waals surface area contributed by atoms with Gasteiger partial charge < -0.3 is 14.5 Å². The first-order chi connectivity index (χ1) is 22.3. The van der Waals surface area contributed by atoms with E-state index in [1.165, 1.54) is 4.57 Å². The number of benzene rings is 2. The maximum absolute atomic E-state index is 13.6. The summed E-state index contributed by atoms with van der Waals surface area (Å²) < 4.78 is 12.4. The van der Waals surface area contributed by atoms with Gasteiger partial charge in [-0.3, -0.25) is 23.1 Å². The molecule has 0 radical (unpaired) electrons. The highest BCUT2D eigenvalue weighted by Gasteiger charge is 2.28. The maximum Gasteiger partial charge on any atom is 0.331 e. The van der Waals surface area contributed by atoms with Crippen LogP contribution >= 0.6 is 0 Å². The first-order valence-electron chi connectivity index (χ1n) is 16.5. The van der Waals surface area contributed by atoms with Gasteiger partial charge in [-0.05, 0) is 56.9 Å². The molecule has 2 aliphatic heterocycles. The summed E-state index contributed by atoms with van der Waals surface area (Å²) in [5, 5.41) is 12.1. The number of imidazole rings is 1. The van der Waals surface area contributed by atoms with Crippen molar-refractivity contribution in [3.05, 3.63) is 67.2 Å². The van der Waals surface area contributed by atoms with Gasteiger partial charge in [-0.1, -0.05) is 25.5 Å². The number of nitrogens with zero attached hydrogens (tertiary/aromatic N) is 8. The number of piperidine rings is 1. The van der Waals surface area contributed by atoms with Gasteiger partial charge >= 0.3 is 11.4 Å². The predicted molar refractivity (Wildman–Crippen MR) is 182 cm³/mol. The fraction of sp³-hybridized carbons (Fsp3) is 0.500. The van der Waals surface area contributed by atoms with Crippen molar-refractivity contribution < 1.29 is 4.74 Å². The Morgan fingerprint density at radius 3 is 1.87 bits per heavy atom. The van der Waals surface area contributed by atoms with Crippen LogP contribution in [-0.2, 0) is 24.9 Å². The quantitative estimate of drug-likeness (QED) is 0.270. The Hall–Kier alpha value is -4.45. The van der Waals surface area contributed by atoms with Crippen molar-refractivity contribution in [3.63, 3.8) is 0 Å². The molecule has 2 fully saturated rings. The van der Waals surface area contributed by atoms with Gasteiger partial charge in [0.1, 0.15) is 0 Å². The number of rotatable bonds is 7. The molecule has 0 N–H and O–H groups in total. The minimum Gasteiger partial charge on any atom is -0.378 e. The molecule has 3 aromatic heterocycles. The van der Waals surface area contributed by atoms with Crippen molar-refractivity contribution in [1.82, 2.24) is 28.5 Å². The van der Waals surface area contributed by atoms with Gasteiger partial charge in [0.05, 0.1) is 35.2 Å². The molecular formula is C34H42N8O4. The Balaban J connectivity index is 1.31. The number of morpholine rings is 1. The molecule has 46 heavy (non-hydrogen) atoms. The Morgan fingerprint density at radius 1 is 0.739 bits per heavy atom. The number of fused-ring (bicyclic) bond motifs is 3. The Labute approximate surface area is 266 Å². The molecule has 12 nitrogen and oxygen atoms in total. The zero-order chi connectivity index (χ0) is 32.1. The Kier molecular flexibility index (Phi) is 7.92. The number of hydrogen-bond donors (Lipinski definition) is 0. The van der Waals surface area contributed by atoms with E-state index in [1.807, 2.05) is 34.3 Å². The van der Waals surface area contributed by atoms with E-state index in [1.54, 1.807) is 11.6 Å². The van der Waals surface area contributed by atoms with Crippen LogP contribution in [0.1, 0.15) is 51.1 Å². The molecule has 0 atom stereocenters. The van der Waals surface area contributed by atoms with Crippen LogP contribution in [0.3, 0.4) is 0 Å². The lowest BCUT2D eigenvalue weighted by Gasteiger charge is -2.34. The normalized spacial score (nSPS) is 16.3. The Morgan fingerprint density at radius 2 is 1.30 bits per heavy atom. The standard InChI is InChI=1S/C34H42N8O4/c1-5-11-40-28-20-24-25(21-29(28)41(12-6-2)34(40)45)31(39-15-17-46-18-16-39)36-35-30(24)38-13-9-23(10-14-38)42-32(43)26-19-22(3)7-8-27(26)37(4)33(42)44/h7-8,19-21,23H,5-6,9-18H2,1-4H3. The summed E-state index contributed by atoms with van der Waals surface area (Å²) >= 11 is 0. The van der Waals surface area contributed by atoms with Crippen LogP contribution in [0.5, 0.6) is 0 Å². The summed E-state index contributed by atoms with van der Waals surface area (Å²) in [6.07, 6.45) is 2.95. The van der Waals surface area contributed by atoms with Crippen LogP contribution in [-0.4, -0.2) is 67.9 Å². The third-order valence-electron chi connectivity index (χ3n) is 9.67. The molecule has 2 aromatic carbocycles. The molecule has 5 heterocycles. The zero-order valence-corrected chi connectivity index (χ0v) is 27.2. The monoisotopic (exact) mass is 626 g/mol. The molecule has 0 spiro atoms. The molecule has 5 aromatic rings. The molecule has 2 aliphatic rings. The summed E-state index contributed by atoms with van der Waals surface area (Å²) in [6, 6.07) is 9.67. The van der Waals surface area contributed by atoms with Crippen LogP contribution in [0.4, 0.5) is 11.6 Å². The highest BCUT2D eigenvalue weighted by Crippen LogP contribution is 2.36. The van der Waals surface area contributed by atoms with Crippen LogP contribution in [0, 0.1) is 6.92 Å². The summed E-state index contributed by atoms with van der Waals surface area (Å²) in [4.78, 5) is 45.1. The van der Waals surface area contributed by atoms with Crippen LogP contribution in [0.2, 0.25) is 0 Å². The van der Waals surface area contributed by atoms with Crippen LogP contribution in [0.15, 0.2) is 44.7 Å². The van der Waals surface area contributed by atoms with Crippen LogP contribution in [0.25, 0.3) is 32.7 Å².